The first kappa shape index (κ1) is 10.9. The summed E-state index contributed by atoms with van der Waals surface area (Å²) in [6.07, 6.45) is 0. The molecule has 2 aromatic rings. The molecule has 0 unspecified atom stereocenters. The number of nitrogens with zero attached hydrogens (tertiary/aromatic N) is 1. The first-order valence-corrected chi connectivity index (χ1v) is 5.18. The quantitative estimate of drug-likeness (QED) is 0.826. The Labute approximate surface area is 97.7 Å². The maximum absolute atomic E-state index is 11.0. The van der Waals surface area contributed by atoms with Crippen LogP contribution in [0.25, 0.3) is 10.9 Å². The fourth-order valence-corrected chi connectivity index (χ4v) is 1.88. The van der Waals surface area contributed by atoms with E-state index in [0.717, 1.165) is 11.1 Å². The van der Waals surface area contributed by atoms with Crippen molar-refractivity contribution in [3.8, 4) is 0 Å². The number of carbonyl (C=O) groups is 1. The molecule has 16 heavy (non-hydrogen) atoms. The molecule has 0 spiro atoms. The topological polar surface area (TPSA) is 50.2 Å². The minimum Gasteiger partial charge on any atom is -0.478 e. The number of fused-ring (bicyclic) bond motifs is 1. The molecule has 3 nitrogen and oxygen atoms in total. The van der Waals surface area contributed by atoms with E-state index in [1.807, 2.05) is 13.0 Å². The summed E-state index contributed by atoms with van der Waals surface area (Å²) < 4.78 is 0. The summed E-state index contributed by atoms with van der Waals surface area (Å²) in [5.41, 5.74) is 2.44. The lowest BCUT2D eigenvalue weighted by atomic mass is 10.1. The van der Waals surface area contributed by atoms with Crippen LogP contribution in [0.15, 0.2) is 18.2 Å². The Kier molecular flexibility index (Phi) is 2.56. The standard InChI is InChI=1S/C12H10ClNO2/c1-6-3-4-10(13)9-5-8(12(15)16)7(2)14-11(6)9/h3-5H,1-2H3,(H,15,16). The Morgan fingerprint density at radius 3 is 2.69 bits per heavy atom. The zero-order valence-electron chi connectivity index (χ0n) is 8.91. The van der Waals surface area contributed by atoms with Gasteiger partial charge in [-0.15, -0.1) is 0 Å². The number of hydrogen-bond donors (Lipinski definition) is 1. The van der Waals surface area contributed by atoms with Crippen LogP contribution in [0.5, 0.6) is 0 Å². The lowest BCUT2D eigenvalue weighted by molar-refractivity contribution is 0.0696. The Hall–Kier alpha value is -1.61. The molecule has 0 bridgehead atoms. The summed E-state index contributed by atoms with van der Waals surface area (Å²) in [6.45, 7) is 3.61. The molecule has 0 amide bonds. The van der Waals surface area contributed by atoms with Gasteiger partial charge in [0.1, 0.15) is 0 Å². The van der Waals surface area contributed by atoms with Crippen LogP contribution >= 0.6 is 11.6 Å². The number of benzene rings is 1. The molecule has 0 aliphatic heterocycles. The predicted molar refractivity (Wildman–Crippen MR) is 63.2 cm³/mol. The molecule has 1 aromatic carbocycles. The maximum atomic E-state index is 11.0. The Balaban J connectivity index is 2.89. The first-order chi connectivity index (χ1) is 7.50. The van der Waals surface area contributed by atoms with Crippen molar-refractivity contribution in [3.05, 3.63) is 40.0 Å². The molecule has 0 aliphatic rings. The third-order valence-electron chi connectivity index (χ3n) is 2.55. The summed E-state index contributed by atoms with van der Waals surface area (Å²) in [5, 5.41) is 10.2. The third-order valence-corrected chi connectivity index (χ3v) is 2.88. The number of aromatic nitrogens is 1. The number of carboxylic acids is 1. The normalized spacial score (nSPS) is 10.7. The molecule has 0 atom stereocenters. The van der Waals surface area contributed by atoms with E-state index in [4.69, 9.17) is 16.7 Å². The number of hydrogen-bond acceptors (Lipinski definition) is 2. The summed E-state index contributed by atoms with van der Waals surface area (Å²) in [6, 6.07) is 5.20. The largest absolute Gasteiger partial charge is 0.478 e. The van der Waals surface area contributed by atoms with Crippen molar-refractivity contribution >= 4 is 28.5 Å². The van der Waals surface area contributed by atoms with Gasteiger partial charge >= 0.3 is 5.97 Å². The van der Waals surface area contributed by atoms with E-state index in [2.05, 4.69) is 4.98 Å². The molecular formula is C12H10ClNO2. The monoisotopic (exact) mass is 235 g/mol. The highest BCUT2D eigenvalue weighted by atomic mass is 35.5. The Morgan fingerprint density at radius 1 is 1.38 bits per heavy atom. The molecule has 0 radical (unpaired) electrons. The van der Waals surface area contributed by atoms with Crippen LogP contribution in [-0.4, -0.2) is 16.1 Å². The van der Waals surface area contributed by atoms with Crippen molar-refractivity contribution in [2.75, 3.05) is 0 Å². The van der Waals surface area contributed by atoms with Gasteiger partial charge in [-0.2, -0.15) is 0 Å². The number of pyridine rings is 1. The van der Waals surface area contributed by atoms with Crippen LogP contribution in [0.2, 0.25) is 5.02 Å². The predicted octanol–water partition coefficient (Wildman–Crippen LogP) is 3.20. The SMILES string of the molecule is Cc1nc2c(C)ccc(Cl)c2cc1C(=O)O. The smallest absolute Gasteiger partial charge is 0.337 e. The molecule has 2 rings (SSSR count). The van der Waals surface area contributed by atoms with E-state index < -0.39 is 5.97 Å². The Bertz CT molecular complexity index is 593. The molecule has 4 heteroatoms. The molecule has 0 saturated heterocycles. The summed E-state index contributed by atoms with van der Waals surface area (Å²) >= 11 is 6.03. The fraction of sp³-hybridized carbons (Fsp3) is 0.167. The van der Waals surface area contributed by atoms with E-state index in [0.29, 0.717) is 16.1 Å². The van der Waals surface area contributed by atoms with E-state index in [1.165, 1.54) is 0 Å². The molecule has 0 aliphatic carbocycles. The molecule has 1 heterocycles. The van der Waals surface area contributed by atoms with Gasteiger partial charge in [0.2, 0.25) is 0 Å². The molecule has 82 valence electrons. The lowest BCUT2D eigenvalue weighted by Gasteiger charge is -2.07. The maximum Gasteiger partial charge on any atom is 0.337 e. The molecule has 1 N–H and O–H groups in total. The molecular weight excluding hydrogens is 226 g/mol. The van der Waals surface area contributed by atoms with Crippen LogP contribution in [0, 0.1) is 13.8 Å². The van der Waals surface area contributed by atoms with Crippen LogP contribution in [0.3, 0.4) is 0 Å². The van der Waals surface area contributed by atoms with Gasteiger partial charge in [0, 0.05) is 5.39 Å². The van der Waals surface area contributed by atoms with Gasteiger partial charge in [0.25, 0.3) is 0 Å². The van der Waals surface area contributed by atoms with Crippen LogP contribution in [-0.2, 0) is 0 Å². The first-order valence-electron chi connectivity index (χ1n) is 4.80. The van der Waals surface area contributed by atoms with Crippen molar-refractivity contribution in [2.45, 2.75) is 13.8 Å². The highest BCUT2D eigenvalue weighted by Crippen LogP contribution is 2.26. The van der Waals surface area contributed by atoms with Crippen molar-refractivity contribution < 1.29 is 9.90 Å². The Morgan fingerprint density at radius 2 is 2.06 bits per heavy atom. The number of halogens is 1. The van der Waals surface area contributed by atoms with Crippen molar-refractivity contribution in [3.63, 3.8) is 0 Å². The second-order valence-corrected chi connectivity index (χ2v) is 4.09. The van der Waals surface area contributed by atoms with E-state index in [9.17, 15) is 4.79 Å². The number of aromatic carboxylic acids is 1. The van der Waals surface area contributed by atoms with Gasteiger partial charge in [-0.1, -0.05) is 17.7 Å². The highest BCUT2D eigenvalue weighted by Gasteiger charge is 2.12. The van der Waals surface area contributed by atoms with Crippen molar-refractivity contribution in [1.29, 1.82) is 0 Å². The second kappa shape index (κ2) is 3.76. The molecule has 0 saturated carbocycles. The molecule has 0 fully saturated rings. The molecule has 1 aromatic heterocycles. The third kappa shape index (κ3) is 1.63. The second-order valence-electron chi connectivity index (χ2n) is 3.69. The zero-order chi connectivity index (χ0) is 11.9. The van der Waals surface area contributed by atoms with Gasteiger partial charge in [-0.05, 0) is 31.5 Å². The van der Waals surface area contributed by atoms with Crippen LogP contribution < -0.4 is 0 Å². The van der Waals surface area contributed by atoms with Crippen molar-refractivity contribution in [1.82, 2.24) is 4.98 Å². The van der Waals surface area contributed by atoms with E-state index >= 15 is 0 Å². The average Bonchev–Trinajstić information content (AvgIpc) is 2.23. The van der Waals surface area contributed by atoms with Gasteiger partial charge in [-0.3, -0.25) is 4.98 Å². The van der Waals surface area contributed by atoms with Gasteiger partial charge in [-0.25, -0.2) is 4.79 Å². The van der Waals surface area contributed by atoms with Crippen molar-refractivity contribution in [2.24, 2.45) is 0 Å². The minimum atomic E-state index is -0.982. The van der Waals surface area contributed by atoms with Crippen LogP contribution in [0.4, 0.5) is 0 Å². The van der Waals surface area contributed by atoms with Crippen LogP contribution in [0.1, 0.15) is 21.6 Å². The summed E-state index contributed by atoms with van der Waals surface area (Å²) in [4.78, 5) is 15.3. The lowest BCUT2D eigenvalue weighted by Crippen LogP contribution is -2.02. The average molecular weight is 236 g/mol. The van der Waals surface area contributed by atoms with Gasteiger partial charge < -0.3 is 5.11 Å². The number of rotatable bonds is 1. The number of aryl methyl sites for hydroxylation is 2. The summed E-state index contributed by atoms with van der Waals surface area (Å²) in [7, 11) is 0. The number of carboxylic acid groups (broad SMARTS) is 1. The highest BCUT2D eigenvalue weighted by molar-refractivity contribution is 6.35. The van der Waals surface area contributed by atoms with E-state index in [1.54, 1.807) is 19.1 Å². The van der Waals surface area contributed by atoms with Gasteiger partial charge in [0.15, 0.2) is 0 Å². The van der Waals surface area contributed by atoms with E-state index in [-0.39, 0.29) is 5.56 Å². The minimum absolute atomic E-state index is 0.194. The summed E-state index contributed by atoms with van der Waals surface area (Å²) in [5.74, 6) is -0.982. The van der Waals surface area contributed by atoms with Gasteiger partial charge in [0.05, 0.1) is 21.8 Å². The fourth-order valence-electron chi connectivity index (χ4n) is 1.67. The zero-order valence-corrected chi connectivity index (χ0v) is 9.67.